The number of nitrogens with zero attached hydrogens (tertiary/aromatic N) is 2. The van der Waals surface area contributed by atoms with Crippen LogP contribution in [0.15, 0.2) is 65.7 Å². The van der Waals surface area contributed by atoms with E-state index < -0.39 is 10.0 Å². The molecule has 1 aromatic heterocycles. The highest BCUT2D eigenvalue weighted by Crippen LogP contribution is 2.35. The quantitative estimate of drug-likeness (QED) is 0.437. The smallest absolute Gasteiger partial charge is 0.240 e. The lowest BCUT2D eigenvalue weighted by atomic mass is 9.92. The van der Waals surface area contributed by atoms with Crippen molar-refractivity contribution in [3.05, 3.63) is 82.6 Å². The third-order valence-corrected chi connectivity index (χ3v) is 8.17. The number of rotatable bonds is 6. The average Bonchev–Trinajstić information content (AvgIpc) is 3.25. The zero-order chi connectivity index (χ0) is 23.7. The van der Waals surface area contributed by atoms with Crippen molar-refractivity contribution in [2.75, 3.05) is 11.1 Å². The van der Waals surface area contributed by atoms with Crippen LogP contribution in [0.4, 0.5) is 11.6 Å². The molecule has 0 unspecified atom stereocenters. The first-order chi connectivity index (χ1) is 16.4. The van der Waals surface area contributed by atoms with Gasteiger partial charge in [-0.15, -0.1) is 0 Å². The lowest BCUT2D eigenvalue weighted by molar-refractivity contribution is 0.384. The minimum absolute atomic E-state index is 0.0479. The van der Waals surface area contributed by atoms with E-state index in [9.17, 15) is 8.42 Å². The molecule has 0 amide bonds. The molecular weight excluding hydrogens is 470 g/mol. The SMILES string of the molecule is Nc1ccc(S(=O)(=O)N[C@H]2CCC[C@@H](Nc3ncc(Cl)c(C4=CCc5ccccc54)n3)C2)cc1. The molecule has 2 aliphatic carbocycles. The number of nitrogen functional groups attached to an aromatic ring is 1. The topological polar surface area (TPSA) is 110 Å². The number of sulfonamides is 1. The molecule has 0 spiro atoms. The van der Waals surface area contributed by atoms with Crippen LogP contribution in [-0.4, -0.2) is 30.5 Å². The maximum Gasteiger partial charge on any atom is 0.240 e. The van der Waals surface area contributed by atoms with Crippen molar-refractivity contribution < 1.29 is 8.42 Å². The monoisotopic (exact) mass is 495 g/mol. The molecule has 2 aromatic carbocycles. The van der Waals surface area contributed by atoms with Crippen molar-refractivity contribution in [1.29, 1.82) is 0 Å². The second-order valence-corrected chi connectivity index (χ2v) is 10.9. The highest BCUT2D eigenvalue weighted by atomic mass is 35.5. The van der Waals surface area contributed by atoms with E-state index in [-0.39, 0.29) is 17.0 Å². The van der Waals surface area contributed by atoms with Gasteiger partial charge in [0.2, 0.25) is 16.0 Å². The Labute approximate surface area is 204 Å². The van der Waals surface area contributed by atoms with E-state index in [4.69, 9.17) is 22.3 Å². The van der Waals surface area contributed by atoms with Gasteiger partial charge in [0.25, 0.3) is 0 Å². The molecule has 1 saturated carbocycles. The molecule has 9 heteroatoms. The molecule has 2 atom stereocenters. The van der Waals surface area contributed by atoms with E-state index in [0.29, 0.717) is 28.8 Å². The summed E-state index contributed by atoms with van der Waals surface area (Å²) in [5.41, 5.74) is 10.3. The second-order valence-electron chi connectivity index (χ2n) is 8.76. The van der Waals surface area contributed by atoms with Gasteiger partial charge in [0.15, 0.2) is 0 Å². The largest absolute Gasteiger partial charge is 0.399 e. The Morgan fingerprint density at radius 1 is 1.03 bits per heavy atom. The summed E-state index contributed by atoms with van der Waals surface area (Å²) in [6.07, 6.45) is 7.85. The van der Waals surface area contributed by atoms with Crippen LogP contribution in [0.3, 0.4) is 0 Å². The lowest BCUT2D eigenvalue weighted by Gasteiger charge is -2.30. The second kappa shape index (κ2) is 9.37. The Morgan fingerprint density at radius 2 is 1.79 bits per heavy atom. The summed E-state index contributed by atoms with van der Waals surface area (Å²) in [6.45, 7) is 0. The third-order valence-electron chi connectivity index (χ3n) is 6.35. The summed E-state index contributed by atoms with van der Waals surface area (Å²) in [5, 5.41) is 3.91. The van der Waals surface area contributed by atoms with Crippen LogP contribution in [-0.2, 0) is 16.4 Å². The number of nitrogens with two attached hydrogens (primary N) is 1. The Bertz CT molecular complexity index is 1340. The Hall–Kier alpha value is -2.94. The number of anilines is 2. The van der Waals surface area contributed by atoms with E-state index in [2.05, 4.69) is 33.2 Å². The third kappa shape index (κ3) is 4.80. The maximum atomic E-state index is 12.8. The number of allylic oxidation sites excluding steroid dienone is 1. The van der Waals surface area contributed by atoms with Gasteiger partial charge in [0, 0.05) is 23.3 Å². The molecule has 4 N–H and O–H groups in total. The van der Waals surface area contributed by atoms with Crippen molar-refractivity contribution in [3.8, 4) is 0 Å². The van der Waals surface area contributed by atoms with Crippen LogP contribution in [0.5, 0.6) is 0 Å². The lowest BCUT2D eigenvalue weighted by Crippen LogP contribution is -2.41. The van der Waals surface area contributed by atoms with Crippen LogP contribution in [0.25, 0.3) is 5.57 Å². The fraction of sp³-hybridized carbons (Fsp3) is 0.280. The fourth-order valence-electron chi connectivity index (χ4n) is 4.68. The molecule has 0 saturated heterocycles. The number of hydrogen-bond acceptors (Lipinski definition) is 6. The van der Waals surface area contributed by atoms with Crippen LogP contribution in [0, 0.1) is 0 Å². The van der Waals surface area contributed by atoms with Crippen molar-refractivity contribution >= 4 is 38.8 Å². The zero-order valence-corrected chi connectivity index (χ0v) is 20.1. The molecule has 1 fully saturated rings. The fourth-order valence-corrected chi connectivity index (χ4v) is 6.15. The summed E-state index contributed by atoms with van der Waals surface area (Å²) < 4.78 is 28.4. The van der Waals surface area contributed by atoms with Crippen LogP contribution < -0.4 is 15.8 Å². The maximum absolute atomic E-state index is 12.8. The van der Waals surface area contributed by atoms with Crippen LogP contribution >= 0.6 is 11.6 Å². The number of halogens is 1. The van der Waals surface area contributed by atoms with Gasteiger partial charge < -0.3 is 11.1 Å². The van der Waals surface area contributed by atoms with Gasteiger partial charge in [-0.2, -0.15) is 0 Å². The number of aromatic nitrogens is 2. The molecule has 5 rings (SSSR count). The Balaban J connectivity index is 1.29. The summed E-state index contributed by atoms with van der Waals surface area (Å²) in [4.78, 5) is 9.33. The highest BCUT2D eigenvalue weighted by molar-refractivity contribution is 7.89. The number of nitrogens with one attached hydrogen (secondary N) is 2. The Morgan fingerprint density at radius 3 is 2.62 bits per heavy atom. The van der Waals surface area contributed by atoms with Gasteiger partial charge >= 0.3 is 0 Å². The molecule has 2 aliphatic rings. The van der Waals surface area contributed by atoms with E-state index in [1.165, 1.54) is 17.7 Å². The average molecular weight is 496 g/mol. The summed E-state index contributed by atoms with van der Waals surface area (Å²) in [6, 6.07) is 14.3. The van der Waals surface area contributed by atoms with Gasteiger partial charge in [-0.05, 0) is 67.5 Å². The van der Waals surface area contributed by atoms with Gasteiger partial charge in [-0.3, -0.25) is 0 Å². The van der Waals surface area contributed by atoms with Crippen LogP contribution in [0.1, 0.15) is 42.5 Å². The van der Waals surface area contributed by atoms with E-state index in [0.717, 1.165) is 36.8 Å². The van der Waals surface area contributed by atoms with E-state index >= 15 is 0 Å². The molecule has 3 aromatic rings. The van der Waals surface area contributed by atoms with Gasteiger partial charge in [0.05, 0.1) is 21.8 Å². The van der Waals surface area contributed by atoms with Crippen molar-refractivity contribution in [3.63, 3.8) is 0 Å². The minimum Gasteiger partial charge on any atom is -0.399 e. The minimum atomic E-state index is -3.61. The normalized spacial score (nSPS) is 20.0. The predicted molar refractivity (Wildman–Crippen MR) is 135 cm³/mol. The Kier molecular flexibility index (Phi) is 6.29. The van der Waals surface area contributed by atoms with Gasteiger partial charge in [0.1, 0.15) is 0 Å². The first-order valence-corrected chi connectivity index (χ1v) is 13.2. The first-order valence-electron chi connectivity index (χ1n) is 11.3. The summed E-state index contributed by atoms with van der Waals surface area (Å²) in [5.74, 6) is 0.497. The molecule has 1 heterocycles. The molecule has 34 heavy (non-hydrogen) atoms. The number of fused-ring (bicyclic) bond motifs is 1. The van der Waals surface area contributed by atoms with Crippen molar-refractivity contribution in [2.45, 2.75) is 49.1 Å². The van der Waals surface area contributed by atoms with Crippen molar-refractivity contribution in [2.24, 2.45) is 0 Å². The van der Waals surface area contributed by atoms with Gasteiger partial charge in [-0.25, -0.2) is 23.1 Å². The summed E-state index contributed by atoms with van der Waals surface area (Å²) >= 11 is 6.47. The summed E-state index contributed by atoms with van der Waals surface area (Å²) in [7, 11) is -3.61. The zero-order valence-electron chi connectivity index (χ0n) is 18.5. The highest BCUT2D eigenvalue weighted by Gasteiger charge is 2.27. The number of hydrogen-bond donors (Lipinski definition) is 3. The van der Waals surface area contributed by atoms with Crippen LogP contribution in [0.2, 0.25) is 5.02 Å². The number of benzene rings is 2. The van der Waals surface area contributed by atoms with E-state index in [1.807, 2.05) is 12.1 Å². The van der Waals surface area contributed by atoms with Crippen molar-refractivity contribution in [1.82, 2.24) is 14.7 Å². The van der Waals surface area contributed by atoms with E-state index in [1.54, 1.807) is 18.3 Å². The molecule has 176 valence electrons. The molecule has 0 radical (unpaired) electrons. The molecule has 7 nitrogen and oxygen atoms in total. The first kappa shape index (κ1) is 22.8. The molecule has 0 aliphatic heterocycles. The molecular formula is C25H26ClN5O2S. The van der Waals surface area contributed by atoms with Gasteiger partial charge in [-0.1, -0.05) is 41.9 Å². The molecule has 0 bridgehead atoms. The predicted octanol–water partition coefficient (Wildman–Crippen LogP) is 4.40. The standard InChI is InChI=1S/C25H26ClN5O2S/c26-23-15-28-25(30-24(23)22-13-8-16-4-1-2-7-21(16)22)29-18-5-3-6-19(14-18)31-34(32,33)20-11-9-17(27)10-12-20/h1-2,4,7,9-13,15,18-19,31H,3,5-6,8,14,27H2,(H,28,29,30)/t18-,19+/m1/s1.